The van der Waals surface area contributed by atoms with Crippen molar-refractivity contribution in [2.45, 2.75) is 23.8 Å². The fourth-order valence-electron chi connectivity index (χ4n) is 2.48. The van der Waals surface area contributed by atoms with E-state index in [0.717, 1.165) is 13.0 Å². The Hall–Kier alpha value is -1.31. The number of benzene rings is 1. The molecule has 7 heteroatoms. The number of ether oxygens (including phenoxy) is 2. The van der Waals surface area contributed by atoms with Gasteiger partial charge in [0.05, 0.1) is 4.90 Å². The molecule has 0 aliphatic carbocycles. The summed E-state index contributed by atoms with van der Waals surface area (Å²) in [6.45, 7) is 4.28. The molecule has 6 nitrogen and oxygen atoms in total. The average Bonchev–Trinajstić information content (AvgIpc) is 2.83. The van der Waals surface area contributed by atoms with E-state index in [1.54, 1.807) is 12.1 Å². The van der Waals surface area contributed by atoms with E-state index in [4.69, 9.17) is 9.47 Å². The molecule has 110 valence electrons. The van der Waals surface area contributed by atoms with Crippen LogP contribution in [0, 0.1) is 0 Å². The molecule has 1 aromatic rings. The highest BCUT2D eigenvalue weighted by Crippen LogP contribution is 2.32. The van der Waals surface area contributed by atoms with Crippen molar-refractivity contribution in [1.82, 2.24) is 10.0 Å². The van der Waals surface area contributed by atoms with Crippen LogP contribution < -0.4 is 19.5 Å². The molecule has 2 N–H and O–H groups in total. The number of fused-ring (bicyclic) bond motifs is 1. The first-order chi connectivity index (χ1) is 9.49. The van der Waals surface area contributed by atoms with Crippen LogP contribution in [0.5, 0.6) is 11.5 Å². The van der Waals surface area contributed by atoms with Gasteiger partial charge in [-0.15, -0.1) is 0 Å². The fraction of sp³-hybridized carbons (Fsp3) is 0.538. The van der Waals surface area contributed by atoms with Gasteiger partial charge in [-0.3, -0.25) is 0 Å². The highest BCUT2D eigenvalue weighted by molar-refractivity contribution is 7.89. The number of sulfonamides is 1. The van der Waals surface area contributed by atoms with E-state index >= 15 is 0 Å². The molecule has 1 fully saturated rings. The van der Waals surface area contributed by atoms with Crippen LogP contribution in [0.4, 0.5) is 0 Å². The van der Waals surface area contributed by atoms with E-state index < -0.39 is 15.6 Å². The second-order valence-electron chi connectivity index (χ2n) is 5.40. The molecule has 2 aliphatic heterocycles. The Bertz CT molecular complexity index is 609. The number of rotatable bonds is 3. The highest BCUT2D eigenvalue weighted by Gasteiger charge is 2.34. The lowest BCUT2D eigenvalue weighted by atomic mass is 10.0. The minimum atomic E-state index is -3.56. The molecule has 1 saturated heterocycles. The van der Waals surface area contributed by atoms with Gasteiger partial charge in [0.1, 0.15) is 13.2 Å². The molecule has 0 radical (unpaired) electrons. The number of hydrogen-bond acceptors (Lipinski definition) is 5. The Morgan fingerprint density at radius 2 is 2.00 bits per heavy atom. The maximum atomic E-state index is 12.4. The molecular formula is C13H18N2O4S. The van der Waals surface area contributed by atoms with Crippen molar-refractivity contribution in [1.29, 1.82) is 0 Å². The molecule has 1 aromatic carbocycles. The van der Waals surface area contributed by atoms with E-state index in [1.165, 1.54) is 6.07 Å². The van der Waals surface area contributed by atoms with Crippen molar-refractivity contribution in [3.63, 3.8) is 0 Å². The number of nitrogens with one attached hydrogen (secondary N) is 2. The summed E-state index contributed by atoms with van der Waals surface area (Å²) in [5.41, 5.74) is -0.438. The first kappa shape index (κ1) is 13.7. The van der Waals surface area contributed by atoms with E-state index in [-0.39, 0.29) is 4.90 Å². The summed E-state index contributed by atoms with van der Waals surface area (Å²) in [7, 11) is -3.56. The van der Waals surface area contributed by atoms with Gasteiger partial charge in [-0.2, -0.15) is 0 Å². The first-order valence-electron chi connectivity index (χ1n) is 6.63. The topological polar surface area (TPSA) is 76.7 Å². The van der Waals surface area contributed by atoms with Crippen LogP contribution >= 0.6 is 0 Å². The molecule has 0 bridgehead atoms. The molecule has 0 aromatic heterocycles. The summed E-state index contributed by atoms with van der Waals surface area (Å²) in [6.07, 6.45) is 0.775. The van der Waals surface area contributed by atoms with Gasteiger partial charge in [0.25, 0.3) is 0 Å². The van der Waals surface area contributed by atoms with E-state index in [1.807, 2.05) is 6.92 Å². The summed E-state index contributed by atoms with van der Waals surface area (Å²) >= 11 is 0. The molecule has 2 aliphatic rings. The SMILES string of the molecule is CC1(NS(=O)(=O)c2ccc3c(c2)OCCO3)CCNC1. The van der Waals surface area contributed by atoms with Gasteiger partial charge in [0.15, 0.2) is 11.5 Å². The fourth-order valence-corrected chi connectivity index (χ4v) is 3.93. The van der Waals surface area contributed by atoms with E-state index in [9.17, 15) is 8.42 Å². The average molecular weight is 298 g/mol. The zero-order chi connectivity index (χ0) is 14.2. The predicted molar refractivity (Wildman–Crippen MR) is 73.6 cm³/mol. The summed E-state index contributed by atoms with van der Waals surface area (Å²) in [5.74, 6) is 1.07. The summed E-state index contributed by atoms with van der Waals surface area (Å²) in [5, 5.41) is 3.17. The van der Waals surface area contributed by atoms with Crippen LogP contribution in [0.25, 0.3) is 0 Å². The third kappa shape index (κ3) is 2.61. The summed E-state index contributed by atoms with van der Waals surface area (Å²) in [4.78, 5) is 0.204. The molecule has 1 unspecified atom stereocenters. The van der Waals surface area contributed by atoms with Gasteiger partial charge in [-0.05, 0) is 32.0 Å². The lowest BCUT2D eigenvalue weighted by Crippen LogP contribution is -2.47. The molecule has 0 saturated carbocycles. The van der Waals surface area contributed by atoms with Gasteiger partial charge in [0, 0.05) is 18.2 Å². The second kappa shape index (κ2) is 4.91. The van der Waals surface area contributed by atoms with Crippen molar-refractivity contribution < 1.29 is 17.9 Å². The molecule has 3 rings (SSSR count). The van der Waals surface area contributed by atoms with Gasteiger partial charge < -0.3 is 14.8 Å². The standard InChI is InChI=1S/C13H18N2O4S/c1-13(4-5-14-9-13)15-20(16,17)10-2-3-11-12(8-10)19-7-6-18-11/h2-3,8,14-15H,4-7,9H2,1H3. The van der Waals surface area contributed by atoms with Crippen molar-refractivity contribution in [3.05, 3.63) is 18.2 Å². The van der Waals surface area contributed by atoms with Crippen molar-refractivity contribution in [3.8, 4) is 11.5 Å². The van der Waals surface area contributed by atoms with Crippen molar-refractivity contribution in [2.24, 2.45) is 0 Å². The Labute approximate surface area is 118 Å². The summed E-state index contributed by atoms with van der Waals surface area (Å²) < 4.78 is 38.5. The maximum absolute atomic E-state index is 12.4. The summed E-state index contributed by atoms with van der Waals surface area (Å²) in [6, 6.07) is 4.70. The minimum absolute atomic E-state index is 0.204. The smallest absolute Gasteiger partial charge is 0.241 e. The van der Waals surface area contributed by atoms with Crippen LogP contribution in [0.2, 0.25) is 0 Å². The van der Waals surface area contributed by atoms with Crippen LogP contribution in [-0.2, 0) is 10.0 Å². The van der Waals surface area contributed by atoms with Crippen LogP contribution in [-0.4, -0.2) is 40.3 Å². The van der Waals surface area contributed by atoms with Crippen LogP contribution in [0.1, 0.15) is 13.3 Å². The van der Waals surface area contributed by atoms with Crippen molar-refractivity contribution in [2.75, 3.05) is 26.3 Å². The Morgan fingerprint density at radius 3 is 2.70 bits per heavy atom. The quantitative estimate of drug-likeness (QED) is 0.849. The predicted octanol–water partition coefficient (Wildman–Crippen LogP) is 0.488. The minimum Gasteiger partial charge on any atom is -0.486 e. The van der Waals surface area contributed by atoms with Gasteiger partial charge in [0.2, 0.25) is 10.0 Å². The molecular weight excluding hydrogens is 280 g/mol. The molecule has 2 heterocycles. The third-order valence-electron chi connectivity index (χ3n) is 3.57. The largest absolute Gasteiger partial charge is 0.486 e. The number of hydrogen-bond donors (Lipinski definition) is 2. The first-order valence-corrected chi connectivity index (χ1v) is 8.11. The Morgan fingerprint density at radius 1 is 1.25 bits per heavy atom. The van der Waals surface area contributed by atoms with Crippen LogP contribution in [0.15, 0.2) is 23.1 Å². The van der Waals surface area contributed by atoms with Crippen LogP contribution in [0.3, 0.4) is 0 Å². The van der Waals surface area contributed by atoms with E-state index in [2.05, 4.69) is 10.0 Å². The highest BCUT2D eigenvalue weighted by atomic mass is 32.2. The third-order valence-corrected chi connectivity index (χ3v) is 5.21. The second-order valence-corrected chi connectivity index (χ2v) is 7.08. The van der Waals surface area contributed by atoms with Gasteiger partial charge in [-0.1, -0.05) is 0 Å². The lowest BCUT2D eigenvalue weighted by Gasteiger charge is -2.25. The Balaban J connectivity index is 1.87. The van der Waals surface area contributed by atoms with Gasteiger partial charge >= 0.3 is 0 Å². The maximum Gasteiger partial charge on any atom is 0.241 e. The molecule has 1 atom stereocenters. The molecule has 0 spiro atoms. The monoisotopic (exact) mass is 298 g/mol. The lowest BCUT2D eigenvalue weighted by molar-refractivity contribution is 0.171. The Kier molecular flexibility index (Phi) is 3.35. The van der Waals surface area contributed by atoms with E-state index in [0.29, 0.717) is 31.3 Å². The molecule has 0 amide bonds. The zero-order valence-electron chi connectivity index (χ0n) is 11.3. The molecule has 20 heavy (non-hydrogen) atoms. The normalized spacial score (nSPS) is 25.6. The van der Waals surface area contributed by atoms with Gasteiger partial charge in [-0.25, -0.2) is 13.1 Å². The zero-order valence-corrected chi connectivity index (χ0v) is 12.1. The van der Waals surface area contributed by atoms with Crippen molar-refractivity contribution >= 4 is 10.0 Å².